The molecule has 104 valence electrons. The third-order valence-electron chi connectivity index (χ3n) is 3.87. The minimum atomic E-state index is 0.139. The first-order valence-electron chi connectivity index (χ1n) is 6.56. The number of aromatic nitrogens is 2. The molecule has 2 unspecified atom stereocenters. The number of nitrogens with zero attached hydrogens (tertiary/aromatic N) is 2. The SMILES string of the molecule is Cc1nn(C)c(Cl)c1CC(N)CC(C)C(C)(C)C. The van der Waals surface area contributed by atoms with Crippen molar-refractivity contribution in [2.75, 3.05) is 0 Å². The zero-order chi connectivity index (χ0) is 14.1. The number of rotatable bonds is 4. The highest BCUT2D eigenvalue weighted by Gasteiger charge is 2.23. The Morgan fingerprint density at radius 1 is 1.39 bits per heavy atom. The van der Waals surface area contributed by atoms with E-state index in [-0.39, 0.29) is 6.04 Å². The van der Waals surface area contributed by atoms with Crippen molar-refractivity contribution in [2.45, 2.75) is 53.5 Å². The second kappa shape index (κ2) is 5.62. The molecule has 1 aromatic heterocycles. The van der Waals surface area contributed by atoms with E-state index in [1.807, 2.05) is 14.0 Å². The minimum absolute atomic E-state index is 0.139. The van der Waals surface area contributed by atoms with Crippen molar-refractivity contribution >= 4 is 11.6 Å². The molecule has 18 heavy (non-hydrogen) atoms. The Balaban J connectivity index is 2.68. The smallest absolute Gasteiger partial charge is 0.130 e. The van der Waals surface area contributed by atoms with Crippen LogP contribution in [0, 0.1) is 18.3 Å². The first-order valence-corrected chi connectivity index (χ1v) is 6.94. The zero-order valence-corrected chi connectivity index (χ0v) is 13.2. The molecule has 2 atom stereocenters. The van der Waals surface area contributed by atoms with E-state index in [9.17, 15) is 0 Å². The van der Waals surface area contributed by atoms with Crippen molar-refractivity contribution in [1.29, 1.82) is 0 Å². The summed E-state index contributed by atoms with van der Waals surface area (Å²) in [4.78, 5) is 0. The highest BCUT2D eigenvalue weighted by atomic mass is 35.5. The first-order chi connectivity index (χ1) is 8.12. The fraction of sp³-hybridized carbons (Fsp3) is 0.786. The monoisotopic (exact) mass is 271 g/mol. The molecule has 0 aromatic carbocycles. The van der Waals surface area contributed by atoms with Crippen molar-refractivity contribution in [2.24, 2.45) is 24.1 Å². The van der Waals surface area contributed by atoms with Gasteiger partial charge in [0.05, 0.1) is 5.69 Å². The number of aryl methyl sites for hydroxylation is 2. The molecule has 0 saturated carbocycles. The van der Waals surface area contributed by atoms with Crippen molar-refractivity contribution in [1.82, 2.24) is 9.78 Å². The van der Waals surface area contributed by atoms with E-state index in [1.165, 1.54) is 0 Å². The molecule has 0 amide bonds. The van der Waals surface area contributed by atoms with Crippen LogP contribution in [0.25, 0.3) is 0 Å². The van der Waals surface area contributed by atoms with E-state index >= 15 is 0 Å². The van der Waals surface area contributed by atoms with Gasteiger partial charge in [0, 0.05) is 18.7 Å². The second-order valence-corrected chi connectivity index (χ2v) is 6.80. The van der Waals surface area contributed by atoms with Crippen LogP contribution < -0.4 is 5.73 Å². The highest BCUT2D eigenvalue weighted by molar-refractivity contribution is 6.30. The molecule has 1 heterocycles. The molecular weight excluding hydrogens is 246 g/mol. The van der Waals surface area contributed by atoms with E-state index in [1.54, 1.807) is 4.68 Å². The Labute approximate surface area is 116 Å². The summed E-state index contributed by atoms with van der Waals surface area (Å²) in [6.07, 6.45) is 1.81. The highest BCUT2D eigenvalue weighted by Crippen LogP contribution is 2.30. The second-order valence-electron chi connectivity index (χ2n) is 6.45. The number of hydrogen-bond donors (Lipinski definition) is 1. The van der Waals surface area contributed by atoms with Crippen LogP contribution in [0.1, 0.15) is 45.4 Å². The molecule has 1 rings (SSSR count). The first kappa shape index (κ1) is 15.5. The van der Waals surface area contributed by atoms with Gasteiger partial charge in [-0.25, -0.2) is 0 Å². The van der Waals surface area contributed by atoms with E-state index in [4.69, 9.17) is 17.3 Å². The van der Waals surface area contributed by atoms with Crippen LogP contribution in [0.15, 0.2) is 0 Å². The maximum atomic E-state index is 6.25. The molecule has 0 aliphatic carbocycles. The van der Waals surface area contributed by atoms with E-state index in [0.29, 0.717) is 16.5 Å². The number of nitrogens with two attached hydrogens (primary N) is 1. The molecule has 0 bridgehead atoms. The van der Waals surface area contributed by atoms with Crippen LogP contribution in [-0.4, -0.2) is 15.8 Å². The predicted molar refractivity (Wildman–Crippen MR) is 77.9 cm³/mol. The standard InChI is InChI=1S/C14H26ClN3/c1-9(14(3,4)5)7-11(16)8-12-10(2)17-18(6)13(12)15/h9,11H,7-8,16H2,1-6H3. The van der Waals surface area contributed by atoms with Gasteiger partial charge in [-0.05, 0) is 31.1 Å². The van der Waals surface area contributed by atoms with Crippen LogP contribution in [0.5, 0.6) is 0 Å². The van der Waals surface area contributed by atoms with Gasteiger partial charge in [0.25, 0.3) is 0 Å². The third kappa shape index (κ3) is 3.72. The molecular formula is C14H26ClN3. The van der Waals surface area contributed by atoms with Crippen LogP contribution in [0.4, 0.5) is 0 Å². The van der Waals surface area contributed by atoms with Gasteiger partial charge in [0.2, 0.25) is 0 Å². The van der Waals surface area contributed by atoms with Crippen LogP contribution in [0.3, 0.4) is 0 Å². The molecule has 0 saturated heterocycles. The molecule has 3 nitrogen and oxygen atoms in total. The lowest BCUT2D eigenvalue weighted by Gasteiger charge is -2.29. The van der Waals surface area contributed by atoms with Crippen LogP contribution in [0.2, 0.25) is 5.15 Å². The summed E-state index contributed by atoms with van der Waals surface area (Å²) in [5.74, 6) is 0.586. The maximum absolute atomic E-state index is 6.25. The average molecular weight is 272 g/mol. The van der Waals surface area contributed by atoms with Crippen molar-refractivity contribution in [3.05, 3.63) is 16.4 Å². The average Bonchev–Trinajstić information content (AvgIpc) is 2.43. The van der Waals surface area contributed by atoms with Gasteiger partial charge in [0.15, 0.2) is 0 Å². The molecule has 0 aliphatic heterocycles. The lowest BCUT2D eigenvalue weighted by Crippen LogP contribution is -2.30. The Morgan fingerprint density at radius 3 is 2.33 bits per heavy atom. The minimum Gasteiger partial charge on any atom is -0.327 e. The Hall–Kier alpha value is -0.540. The van der Waals surface area contributed by atoms with Crippen LogP contribution >= 0.6 is 11.6 Å². The number of hydrogen-bond acceptors (Lipinski definition) is 2. The summed E-state index contributed by atoms with van der Waals surface area (Å²) >= 11 is 6.23. The Kier molecular flexibility index (Phi) is 4.84. The fourth-order valence-corrected chi connectivity index (χ4v) is 2.31. The normalized spacial score (nSPS) is 15.8. The summed E-state index contributed by atoms with van der Waals surface area (Å²) in [5, 5.41) is 5.03. The van der Waals surface area contributed by atoms with Crippen molar-refractivity contribution < 1.29 is 0 Å². The summed E-state index contributed by atoms with van der Waals surface area (Å²) in [7, 11) is 1.86. The number of halogens is 1. The molecule has 4 heteroatoms. The Bertz CT molecular complexity index is 404. The lowest BCUT2D eigenvalue weighted by molar-refractivity contribution is 0.233. The quantitative estimate of drug-likeness (QED) is 0.913. The summed E-state index contributed by atoms with van der Waals surface area (Å²) in [6.45, 7) is 11.0. The maximum Gasteiger partial charge on any atom is 0.130 e. The zero-order valence-electron chi connectivity index (χ0n) is 12.4. The summed E-state index contributed by atoms with van der Waals surface area (Å²) in [6, 6.07) is 0.139. The molecule has 1 aromatic rings. The van der Waals surface area contributed by atoms with Gasteiger partial charge in [-0.2, -0.15) is 5.10 Å². The van der Waals surface area contributed by atoms with E-state index in [0.717, 1.165) is 24.1 Å². The van der Waals surface area contributed by atoms with E-state index in [2.05, 4.69) is 32.8 Å². The van der Waals surface area contributed by atoms with Gasteiger partial charge < -0.3 is 5.73 Å². The molecule has 0 spiro atoms. The van der Waals surface area contributed by atoms with Gasteiger partial charge in [0.1, 0.15) is 5.15 Å². The topological polar surface area (TPSA) is 43.8 Å². The van der Waals surface area contributed by atoms with Gasteiger partial charge >= 0.3 is 0 Å². The molecule has 0 aliphatic rings. The van der Waals surface area contributed by atoms with Gasteiger partial charge in [-0.15, -0.1) is 0 Å². The van der Waals surface area contributed by atoms with Gasteiger partial charge in [-0.1, -0.05) is 39.3 Å². The fourth-order valence-electron chi connectivity index (χ4n) is 2.06. The predicted octanol–water partition coefficient (Wildman–Crippen LogP) is 3.32. The molecule has 2 N–H and O–H groups in total. The molecule has 0 radical (unpaired) electrons. The van der Waals surface area contributed by atoms with Gasteiger partial charge in [-0.3, -0.25) is 4.68 Å². The van der Waals surface area contributed by atoms with Crippen molar-refractivity contribution in [3.63, 3.8) is 0 Å². The summed E-state index contributed by atoms with van der Waals surface area (Å²) < 4.78 is 1.71. The van der Waals surface area contributed by atoms with E-state index < -0.39 is 0 Å². The Morgan fingerprint density at radius 2 is 1.94 bits per heavy atom. The van der Waals surface area contributed by atoms with Crippen LogP contribution in [-0.2, 0) is 13.5 Å². The summed E-state index contributed by atoms with van der Waals surface area (Å²) in [5.41, 5.74) is 8.63. The lowest BCUT2D eigenvalue weighted by atomic mass is 9.78. The molecule has 0 fully saturated rings. The third-order valence-corrected chi connectivity index (χ3v) is 4.34. The largest absolute Gasteiger partial charge is 0.327 e. The van der Waals surface area contributed by atoms with Crippen molar-refractivity contribution in [3.8, 4) is 0 Å².